The molecule has 524 valence electrons. The molecule has 0 aliphatic carbocycles. The SMILES string of the molecule is CNc1cc(Nc2cc(C)c(=O)n(-c3cnn(C)c3)c2)nc2c(C(N)=O)cnn12.Cc1cc(Nc2cc(N(C)C(=O)OC(C)(C)C)n3ncc(C(=O)O)c3n2)cn(-c2cnn(C)c2)c1=O.Cc1cc(Nc2cc(N(C)C(=O)OC(C)(C)C)n3ncc(C(N)=O)c3n2)cn(-c2cnn(C)c2)c1=O. The normalized spacial score (nSPS) is 11.4. The lowest BCUT2D eigenvalue weighted by molar-refractivity contribution is 0.0577. The maximum absolute atomic E-state index is 12.8. The van der Waals surface area contributed by atoms with Gasteiger partial charge in [0.15, 0.2) is 16.9 Å². The Bertz CT molecular complexity index is 5200. The van der Waals surface area contributed by atoms with Gasteiger partial charge in [0, 0.05) is 114 Å². The van der Waals surface area contributed by atoms with E-state index in [9.17, 15) is 43.5 Å². The van der Waals surface area contributed by atoms with Crippen molar-refractivity contribution in [2.24, 2.45) is 32.6 Å². The number of hydrogen-bond donors (Lipinski definition) is 7. The van der Waals surface area contributed by atoms with Crippen LogP contribution in [0.4, 0.5) is 61.6 Å². The number of fused-ring (bicyclic) bond motifs is 3. The van der Waals surface area contributed by atoms with Crippen molar-refractivity contribution in [1.29, 1.82) is 0 Å². The van der Waals surface area contributed by atoms with Gasteiger partial charge in [0.05, 0.1) is 71.3 Å². The summed E-state index contributed by atoms with van der Waals surface area (Å²) >= 11 is 0. The number of carboxylic acids is 1. The van der Waals surface area contributed by atoms with Crippen molar-refractivity contribution in [1.82, 2.24) is 86.8 Å². The van der Waals surface area contributed by atoms with Crippen LogP contribution < -0.4 is 59.2 Å². The van der Waals surface area contributed by atoms with Crippen LogP contribution in [0.3, 0.4) is 0 Å². The summed E-state index contributed by atoms with van der Waals surface area (Å²) in [5, 5.41) is 46.9. The second-order valence-electron chi connectivity index (χ2n) is 25.0. The Morgan fingerprint density at radius 1 is 0.465 bits per heavy atom. The van der Waals surface area contributed by atoms with Crippen molar-refractivity contribution in [3.63, 3.8) is 0 Å². The molecule has 0 atom stereocenters. The fourth-order valence-corrected chi connectivity index (χ4v) is 10.0. The van der Waals surface area contributed by atoms with Crippen molar-refractivity contribution in [2.75, 3.05) is 52.2 Å². The minimum Gasteiger partial charge on any atom is -0.477 e. The van der Waals surface area contributed by atoms with E-state index in [1.54, 1.807) is 191 Å². The zero-order valence-corrected chi connectivity index (χ0v) is 57.5. The van der Waals surface area contributed by atoms with Crippen molar-refractivity contribution >= 4 is 98.9 Å². The number of carboxylic acid groups (broad SMARTS) is 1. The first-order valence-electron chi connectivity index (χ1n) is 30.6. The standard InChI is InChI=1S/C23H27N9O4.C23H26N8O5.C18H19N9O2/c1-13-7-14(11-31(21(13)34)15-9-25-29(5)12-15)27-17-8-18(30(6)22(35)36-23(2,3)4)32-20(28-17)16(10-26-32)19(24)33;1-13-7-14(11-30(20(13)32)15-9-24-28(5)12-15)26-17-8-18(29(6)22(35)36-23(2,3)4)31-19(27-17)16(10-25-31)21(33)34;1-10-4-11(8-26(18(10)29)12-6-21-25(3)9-12)23-14-5-15(20-2)27-17(24-14)13(7-22-27)16(19)28/h7-12H,1-6H3,(H2,24,33)(H,27,28);7-12H,1-6H3,(H,26,27)(H,33,34);4-9,20H,1-3H3,(H2,19,28)(H,23,24). The Morgan fingerprint density at radius 3 is 1.09 bits per heavy atom. The van der Waals surface area contributed by atoms with E-state index in [4.69, 9.17) is 20.9 Å². The van der Waals surface area contributed by atoms with Gasteiger partial charge < -0.3 is 47.3 Å². The smallest absolute Gasteiger partial charge is 0.415 e. The summed E-state index contributed by atoms with van der Waals surface area (Å²) in [5.41, 5.74) is 14.6. The molecule has 12 aromatic heterocycles. The van der Waals surface area contributed by atoms with Gasteiger partial charge in [0.25, 0.3) is 28.5 Å². The number of pyridine rings is 3. The number of hydrogen-bond acceptors (Lipinski definition) is 23. The van der Waals surface area contributed by atoms with Crippen LogP contribution in [0.15, 0.2) is 125 Å². The van der Waals surface area contributed by atoms with Crippen molar-refractivity contribution in [3.8, 4) is 17.1 Å². The molecule has 0 fully saturated rings. The predicted molar refractivity (Wildman–Crippen MR) is 372 cm³/mol. The number of rotatable bonds is 15. The second-order valence-corrected chi connectivity index (χ2v) is 25.0. The van der Waals surface area contributed by atoms with Gasteiger partial charge in [0.1, 0.15) is 62.8 Å². The topological polar surface area (TPSA) is 441 Å². The first kappa shape index (κ1) is 70.3. The molecule has 4 amide bonds. The fourth-order valence-electron chi connectivity index (χ4n) is 10.0. The van der Waals surface area contributed by atoms with Gasteiger partial charge in [-0.15, -0.1) is 0 Å². The first-order chi connectivity index (χ1) is 47.5. The highest BCUT2D eigenvalue weighted by molar-refractivity contribution is 6.00. The molecule has 0 spiro atoms. The Hall–Kier alpha value is -13.5. The molecule has 12 rings (SSSR count). The van der Waals surface area contributed by atoms with E-state index < -0.39 is 41.2 Å². The molecular weight excluding hydrogens is 1310 g/mol. The van der Waals surface area contributed by atoms with E-state index in [0.717, 1.165) is 6.20 Å². The largest absolute Gasteiger partial charge is 0.477 e. The van der Waals surface area contributed by atoms with Crippen LogP contribution in [0.5, 0.6) is 0 Å². The maximum atomic E-state index is 12.8. The summed E-state index contributed by atoms with van der Waals surface area (Å²) in [6.07, 6.45) is 17.3. The van der Waals surface area contributed by atoms with Crippen LogP contribution in [0, 0.1) is 20.8 Å². The van der Waals surface area contributed by atoms with Gasteiger partial charge in [0.2, 0.25) is 0 Å². The number of carbonyl (C=O) groups excluding carboxylic acids is 4. The first-order valence-corrected chi connectivity index (χ1v) is 30.6. The van der Waals surface area contributed by atoms with Gasteiger partial charge in [-0.05, 0) is 80.5 Å². The van der Waals surface area contributed by atoms with Crippen molar-refractivity contribution in [3.05, 3.63) is 175 Å². The molecule has 0 aliphatic rings. The Labute approximate surface area is 572 Å². The minimum absolute atomic E-state index is 0.0233. The second kappa shape index (κ2) is 27.5. The quantitative estimate of drug-likeness (QED) is 0.0649. The van der Waals surface area contributed by atoms with Crippen LogP contribution in [-0.2, 0) is 30.6 Å². The Kier molecular flexibility index (Phi) is 19.2. The molecule has 12 aromatic rings. The highest BCUT2D eigenvalue weighted by Gasteiger charge is 2.28. The molecule has 0 unspecified atom stereocenters. The third-order valence-electron chi connectivity index (χ3n) is 14.7. The number of amides is 4. The molecule has 9 N–H and O–H groups in total. The lowest BCUT2D eigenvalue weighted by Crippen LogP contribution is -2.35. The van der Waals surface area contributed by atoms with Crippen LogP contribution in [0.1, 0.15) is 89.3 Å². The van der Waals surface area contributed by atoms with Gasteiger partial charge in [-0.3, -0.25) is 61.5 Å². The summed E-state index contributed by atoms with van der Waals surface area (Å²) in [6, 6.07) is 9.88. The zero-order chi connectivity index (χ0) is 73.4. The third kappa shape index (κ3) is 15.4. The van der Waals surface area contributed by atoms with Crippen LogP contribution in [0.2, 0.25) is 0 Å². The van der Waals surface area contributed by atoms with E-state index in [0.29, 0.717) is 68.1 Å². The molecule has 101 heavy (non-hydrogen) atoms. The number of nitrogens with one attached hydrogen (secondary N) is 4. The number of ether oxygens (including phenoxy) is 2. The van der Waals surface area contributed by atoms with Gasteiger partial charge >= 0.3 is 18.2 Å². The van der Waals surface area contributed by atoms with E-state index in [1.807, 2.05) is 0 Å². The lowest BCUT2D eigenvalue weighted by Gasteiger charge is -2.25. The van der Waals surface area contributed by atoms with Crippen molar-refractivity contribution in [2.45, 2.75) is 73.5 Å². The minimum atomic E-state index is -1.22. The Balaban J connectivity index is 0.000000164. The van der Waals surface area contributed by atoms with Gasteiger partial charge in [-0.1, -0.05) is 0 Å². The number of carbonyl (C=O) groups is 5. The summed E-state index contributed by atoms with van der Waals surface area (Å²) < 4.78 is 24.2. The highest BCUT2D eigenvalue weighted by Crippen LogP contribution is 2.29. The molecule has 0 aromatic carbocycles. The number of anilines is 9. The van der Waals surface area contributed by atoms with E-state index in [-0.39, 0.29) is 67.9 Å². The maximum Gasteiger partial charge on any atom is 0.415 e. The average Bonchev–Trinajstić information content (AvgIpc) is 1.77. The molecule has 0 aliphatic heterocycles. The molecule has 0 saturated carbocycles. The van der Waals surface area contributed by atoms with E-state index in [1.165, 1.54) is 69.6 Å². The van der Waals surface area contributed by atoms with Crippen LogP contribution in [0.25, 0.3) is 34.0 Å². The summed E-state index contributed by atoms with van der Waals surface area (Å²) in [6.45, 7) is 15.6. The molecule has 37 heteroatoms. The predicted octanol–water partition coefficient (Wildman–Crippen LogP) is 5.68. The van der Waals surface area contributed by atoms with Gasteiger partial charge in [-0.2, -0.15) is 44.1 Å². The van der Waals surface area contributed by atoms with Crippen molar-refractivity contribution < 1.29 is 38.6 Å². The lowest BCUT2D eigenvalue weighted by atomic mass is 10.2. The average molecular weight is 1380 g/mol. The summed E-state index contributed by atoms with van der Waals surface area (Å²) in [5.74, 6) is -0.472. The number of aromatic nitrogens is 18. The molecule has 12 heterocycles. The summed E-state index contributed by atoms with van der Waals surface area (Å²) in [7, 11) is 10.0. The molecular formula is C64H72N26O11. The Morgan fingerprint density at radius 2 is 0.782 bits per heavy atom. The number of primary amides is 2. The monoisotopic (exact) mass is 1380 g/mol. The third-order valence-corrected chi connectivity index (χ3v) is 14.7. The number of nitrogens with two attached hydrogens (primary N) is 2. The molecule has 0 bridgehead atoms. The van der Waals surface area contributed by atoms with E-state index >= 15 is 0 Å². The van der Waals surface area contributed by atoms with Gasteiger partial charge in [-0.25, -0.2) is 29.3 Å². The van der Waals surface area contributed by atoms with Crippen LogP contribution >= 0.6 is 0 Å². The number of aromatic carboxylic acids is 1. The summed E-state index contributed by atoms with van der Waals surface area (Å²) in [4.78, 5) is 115. The highest BCUT2D eigenvalue weighted by atomic mass is 16.6. The molecule has 0 saturated heterocycles. The number of aryl methyl sites for hydroxylation is 6. The zero-order valence-electron chi connectivity index (χ0n) is 57.5. The number of nitrogens with zero attached hydrogens (tertiary/aromatic N) is 20. The van der Waals surface area contributed by atoms with E-state index in [2.05, 4.69) is 66.8 Å². The fraction of sp³-hybridized carbons (Fsp3) is 0.266. The molecule has 37 nitrogen and oxygen atoms in total. The molecule has 0 radical (unpaired) electrons. The van der Waals surface area contributed by atoms with Crippen LogP contribution in [-0.4, -0.2) is 154 Å².